The average Bonchev–Trinajstić information content (AvgIpc) is 2.66. The molecule has 28 heavy (non-hydrogen) atoms. The summed E-state index contributed by atoms with van der Waals surface area (Å²) in [5.74, 6) is -3.26. The Hall–Kier alpha value is -3.55. The highest BCUT2D eigenvalue weighted by atomic mass is 19.1. The molecular formula is C20H19FN2O5. The SMILES string of the molecule is CC(=O)Nc1ccc(C(=O)COC(=O)[C@H](C)NC(=O)c2ccccc2)c(F)c1. The Morgan fingerprint density at radius 1 is 1.07 bits per heavy atom. The van der Waals surface area contributed by atoms with Crippen molar-refractivity contribution >= 4 is 29.3 Å². The fourth-order valence-corrected chi connectivity index (χ4v) is 2.29. The molecule has 1 atom stereocenters. The van der Waals surface area contributed by atoms with Crippen molar-refractivity contribution in [1.82, 2.24) is 5.32 Å². The third kappa shape index (κ3) is 5.73. The molecule has 2 aromatic rings. The van der Waals surface area contributed by atoms with Gasteiger partial charge in [-0.25, -0.2) is 9.18 Å². The summed E-state index contributed by atoms with van der Waals surface area (Å²) in [5, 5.41) is 4.85. The molecule has 0 spiro atoms. The molecule has 2 amide bonds. The Kier molecular flexibility index (Phi) is 6.97. The van der Waals surface area contributed by atoms with Gasteiger partial charge in [-0.05, 0) is 37.3 Å². The van der Waals surface area contributed by atoms with Gasteiger partial charge in [-0.1, -0.05) is 18.2 Å². The lowest BCUT2D eigenvalue weighted by molar-refractivity contribution is -0.144. The predicted molar refractivity (Wildman–Crippen MR) is 99.4 cm³/mol. The lowest BCUT2D eigenvalue weighted by Gasteiger charge is -2.13. The minimum absolute atomic E-state index is 0.204. The number of rotatable bonds is 7. The Bertz CT molecular complexity index is 899. The monoisotopic (exact) mass is 386 g/mol. The fourth-order valence-electron chi connectivity index (χ4n) is 2.29. The first-order valence-corrected chi connectivity index (χ1v) is 8.41. The average molecular weight is 386 g/mol. The molecule has 0 fully saturated rings. The molecular weight excluding hydrogens is 367 g/mol. The van der Waals surface area contributed by atoms with E-state index in [2.05, 4.69) is 10.6 Å². The maximum absolute atomic E-state index is 14.0. The molecule has 0 aliphatic heterocycles. The third-order valence-corrected chi connectivity index (χ3v) is 3.67. The zero-order chi connectivity index (χ0) is 20.7. The number of esters is 1. The van der Waals surface area contributed by atoms with E-state index in [-0.39, 0.29) is 17.2 Å². The second kappa shape index (κ2) is 9.40. The van der Waals surface area contributed by atoms with E-state index in [9.17, 15) is 23.6 Å². The second-order valence-electron chi connectivity index (χ2n) is 5.97. The van der Waals surface area contributed by atoms with Gasteiger partial charge in [0.15, 0.2) is 6.61 Å². The first kappa shape index (κ1) is 20.8. The zero-order valence-electron chi connectivity index (χ0n) is 15.3. The summed E-state index contributed by atoms with van der Waals surface area (Å²) in [6, 6.07) is 10.9. The van der Waals surface area contributed by atoms with Gasteiger partial charge in [0.05, 0.1) is 5.56 Å². The molecule has 0 radical (unpaired) electrons. The normalized spacial score (nSPS) is 11.2. The first-order chi connectivity index (χ1) is 13.3. The van der Waals surface area contributed by atoms with Crippen molar-refractivity contribution in [3.05, 3.63) is 65.5 Å². The predicted octanol–water partition coefficient (Wildman–Crippen LogP) is 2.33. The number of benzene rings is 2. The standard InChI is InChI=1S/C20H19FN2O5/c1-12(22-19(26)14-6-4-3-5-7-14)20(27)28-11-18(25)16-9-8-15(10-17(16)21)23-13(2)24/h3-10,12H,11H2,1-2H3,(H,22,26)(H,23,24)/t12-/m0/s1. The minimum Gasteiger partial charge on any atom is -0.456 e. The smallest absolute Gasteiger partial charge is 0.328 e. The fraction of sp³-hybridized carbons (Fsp3) is 0.200. The molecule has 0 aromatic heterocycles. The van der Waals surface area contributed by atoms with Crippen LogP contribution in [0.1, 0.15) is 34.6 Å². The maximum atomic E-state index is 14.0. The van der Waals surface area contributed by atoms with Crippen molar-refractivity contribution in [1.29, 1.82) is 0 Å². The highest BCUT2D eigenvalue weighted by molar-refractivity contribution is 6.00. The van der Waals surface area contributed by atoms with Gasteiger partial charge >= 0.3 is 5.97 Å². The molecule has 0 heterocycles. The van der Waals surface area contributed by atoms with Crippen molar-refractivity contribution in [2.75, 3.05) is 11.9 Å². The molecule has 0 aliphatic carbocycles. The number of ketones is 1. The van der Waals surface area contributed by atoms with Gasteiger partial charge < -0.3 is 15.4 Å². The van der Waals surface area contributed by atoms with Crippen LogP contribution >= 0.6 is 0 Å². The quantitative estimate of drug-likeness (QED) is 0.562. The molecule has 8 heteroatoms. The van der Waals surface area contributed by atoms with E-state index in [1.165, 1.54) is 26.0 Å². The van der Waals surface area contributed by atoms with Crippen LogP contribution in [0.15, 0.2) is 48.5 Å². The van der Waals surface area contributed by atoms with Crippen LogP contribution in [0.2, 0.25) is 0 Å². The number of Topliss-reactive ketones (excluding diaryl/α,β-unsaturated/α-hetero) is 1. The van der Waals surface area contributed by atoms with Crippen molar-refractivity contribution in [3.63, 3.8) is 0 Å². The second-order valence-corrected chi connectivity index (χ2v) is 5.97. The summed E-state index contributed by atoms with van der Waals surface area (Å²) in [7, 11) is 0. The van der Waals surface area contributed by atoms with Crippen molar-refractivity contribution in [3.8, 4) is 0 Å². The van der Waals surface area contributed by atoms with Crippen molar-refractivity contribution in [2.24, 2.45) is 0 Å². The van der Waals surface area contributed by atoms with Crippen LogP contribution in [0.5, 0.6) is 0 Å². The van der Waals surface area contributed by atoms with E-state index in [1.807, 2.05) is 0 Å². The molecule has 7 nitrogen and oxygen atoms in total. The van der Waals surface area contributed by atoms with Gasteiger partial charge in [0.1, 0.15) is 11.9 Å². The Labute approximate surface area is 160 Å². The molecule has 2 aromatic carbocycles. The molecule has 2 N–H and O–H groups in total. The molecule has 0 unspecified atom stereocenters. The van der Waals surface area contributed by atoms with E-state index >= 15 is 0 Å². The van der Waals surface area contributed by atoms with Crippen LogP contribution in [0.4, 0.5) is 10.1 Å². The maximum Gasteiger partial charge on any atom is 0.328 e. The summed E-state index contributed by atoms with van der Waals surface area (Å²) < 4.78 is 18.9. The van der Waals surface area contributed by atoms with Crippen LogP contribution in [0, 0.1) is 5.82 Å². The Morgan fingerprint density at radius 3 is 2.36 bits per heavy atom. The number of hydrogen-bond donors (Lipinski definition) is 2. The topological polar surface area (TPSA) is 102 Å². The van der Waals surface area contributed by atoms with Gasteiger partial charge in [0.2, 0.25) is 11.7 Å². The van der Waals surface area contributed by atoms with E-state index in [0.29, 0.717) is 5.56 Å². The van der Waals surface area contributed by atoms with Gasteiger partial charge in [0, 0.05) is 18.2 Å². The van der Waals surface area contributed by atoms with Crippen LogP contribution in [-0.4, -0.2) is 36.2 Å². The molecule has 146 valence electrons. The lowest BCUT2D eigenvalue weighted by atomic mass is 10.1. The molecule has 0 saturated carbocycles. The number of ether oxygens (including phenoxy) is 1. The summed E-state index contributed by atoms with van der Waals surface area (Å²) in [6.45, 7) is 2.01. The van der Waals surface area contributed by atoms with Gasteiger partial charge in [-0.3, -0.25) is 14.4 Å². The molecule has 0 aliphatic rings. The zero-order valence-corrected chi connectivity index (χ0v) is 15.3. The summed E-state index contributed by atoms with van der Waals surface area (Å²) in [4.78, 5) is 47.0. The number of carbonyl (C=O) groups is 4. The first-order valence-electron chi connectivity index (χ1n) is 8.41. The van der Waals surface area contributed by atoms with E-state index in [1.54, 1.807) is 30.3 Å². The van der Waals surface area contributed by atoms with E-state index in [4.69, 9.17) is 4.74 Å². The minimum atomic E-state index is -0.993. The molecule has 2 rings (SSSR count). The largest absolute Gasteiger partial charge is 0.456 e. The van der Waals surface area contributed by atoms with Crippen LogP contribution in [-0.2, 0) is 14.3 Å². The highest BCUT2D eigenvalue weighted by Gasteiger charge is 2.20. The van der Waals surface area contributed by atoms with E-state index < -0.39 is 36.1 Å². The number of halogens is 1. The van der Waals surface area contributed by atoms with Crippen LogP contribution < -0.4 is 10.6 Å². The van der Waals surface area contributed by atoms with Crippen LogP contribution in [0.25, 0.3) is 0 Å². The van der Waals surface area contributed by atoms with Crippen molar-refractivity contribution in [2.45, 2.75) is 19.9 Å². The van der Waals surface area contributed by atoms with Crippen LogP contribution in [0.3, 0.4) is 0 Å². The third-order valence-electron chi connectivity index (χ3n) is 3.67. The van der Waals surface area contributed by atoms with Gasteiger partial charge in [0.25, 0.3) is 5.91 Å². The molecule has 0 saturated heterocycles. The number of amides is 2. The Morgan fingerprint density at radius 2 is 1.75 bits per heavy atom. The summed E-state index contributed by atoms with van der Waals surface area (Å²) in [6.07, 6.45) is 0. The summed E-state index contributed by atoms with van der Waals surface area (Å²) in [5.41, 5.74) is 0.304. The van der Waals surface area contributed by atoms with Gasteiger partial charge in [-0.2, -0.15) is 0 Å². The number of hydrogen-bond acceptors (Lipinski definition) is 5. The van der Waals surface area contributed by atoms with E-state index in [0.717, 1.165) is 6.07 Å². The highest BCUT2D eigenvalue weighted by Crippen LogP contribution is 2.15. The lowest BCUT2D eigenvalue weighted by Crippen LogP contribution is -2.40. The Balaban J connectivity index is 1.90. The molecule has 0 bridgehead atoms. The number of nitrogens with one attached hydrogen (secondary N) is 2. The number of carbonyl (C=O) groups excluding carboxylic acids is 4. The number of anilines is 1. The van der Waals surface area contributed by atoms with Gasteiger partial charge in [-0.15, -0.1) is 0 Å². The summed E-state index contributed by atoms with van der Waals surface area (Å²) >= 11 is 0. The van der Waals surface area contributed by atoms with Crippen molar-refractivity contribution < 1.29 is 28.3 Å².